The van der Waals surface area contributed by atoms with Gasteiger partial charge in [0.15, 0.2) is 0 Å². The molecule has 0 saturated carbocycles. The van der Waals surface area contributed by atoms with Gasteiger partial charge >= 0.3 is 6.03 Å². The minimum atomic E-state index is -0.614. The summed E-state index contributed by atoms with van der Waals surface area (Å²) >= 11 is 0. The van der Waals surface area contributed by atoms with Crippen LogP contribution in [0.4, 0.5) is 16.2 Å². The van der Waals surface area contributed by atoms with Crippen LogP contribution in [-0.2, 0) is 4.79 Å². The van der Waals surface area contributed by atoms with Crippen molar-refractivity contribution in [3.63, 3.8) is 0 Å². The summed E-state index contributed by atoms with van der Waals surface area (Å²) in [6.07, 6.45) is 3.23. The molecule has 0 spiro atoms. The molecule has 0 heterocycles. The SMILES string of the molecule is NCCCCCC(=O)Nc1ccc(NC(N)=O)cc1. The predicted octanol–water partition coefficient (Wildman–Crippen LogP) is 1.63. The first-order valence-electron chi connectivity index (χ1n) is 6.28. The standard InChI is InChI=1S/C13H20N4O2/c14-9-3-1-2-4-12(18)16-10-5-7-11(8-6-10)17-13(15)19/h5-8H,1-4,9,14H2,(H,16,18)(H3,15,17,19). The molecular weight excluding hydrogens is 244 g/mol. The van der Waals surface area contributed by atoms with Gasteiger partial charge in [0.2, 0.25) is 5.91 Å². The summed E-state index contributed by atoms with van der Waals surface area (Å²) in [7, 11) is 0. The molecule has 6 nitrogen and oxygen atoms in total. The van der Waals surface area contributed by atoms with E-state index >= 15 is 0 Å². The van der Waals surface area contributed by atoms with Crippen molar-refractivity contribution in [2.75, 3.05) is 17.2 Å². The minimum Gasteiger partial charge on any atom is -0.351 e. The number of amides is 3. The van der Waals surface area contributed by atoms with E-state index in [1.807, 2.05) is 0 Å². The van der Waals surface area contributed by atoms with Crippen molar-refractivity contribution in [3.8, 4) is 0 Å². The highest BCUT2D eigenvalue weighted by atomic mass is 16.2. The smallest absolute Gasteiger partial charge is 0.316 e. The first-order valence-corrected chi connectivity index (χ1v) is 6.28. The van der Waals surface area contributed by atoms with Crippen molar-refractivity contribution in [2.45, 2.75) is 25.7 Å². The van der Waals surface area contributed by atoms with Crippen LogP contribution >= 0.6 is 0 Å². The Kier molecular flexibility index (Phi) is 6.38. The van der Waals surface area contributed by atoms with Crippen LogP contribution in [0.5, 0.6) is 0 Å². The van der Waals surface area contributed by atoms with E-state index in [4.69, 9.17) is 11.5 Å². The van der Waals surface area contributed by atoms with Crippen LogP contribution in [0.3, 0.4) is 0 Å². The van der Waals surface area contributed by atoms with E-state index in [-0.39, 0.29) is 5.91 Å². The van der Waals surface area contributed by atoms with E-state index in [9.17, 15) is 9.59 Å². The van der Waals surface area contributed by atoms with Crippen molar-refractivity contribution in [1.82, 2.24) is 0 Å². The average Bonchev–Trinajstić information content (AvgIpc) is 2.36. The molecule has 3 amide bonds. The van der Waals surface area contributed by atoms with Crippen LogP contribution in [0, 0.1) is 0 Å². The zero-order valence-electron chi connectivity index (χ0n) is 10.8. The normalized spacial score (nSPS) is 9.95. The highest BCUT2D eigenvalue weighted by Crippen LogP contribution is 2.14. The first kappa shape index (κ1) is 15.0. The van der Waals surface area contributed by atoms with Crippen molar-refractivity contribution in [2.24, 2.45) is 11.5 Å². The molecule has 0 fully saturated rings. The lowest BCUT2D eigenvalue weighted by atomic mass is 10.2. The second-order valence-electron chi connectivity index (χ2n) is 4.21. The summed E-state index contributed by atoms with van der Waals surface area (Å²) in [5, 5.41) is 5.23. The number of urea groups is 1. The molecule has 0 unspecified atom stereocenters. The van der Waals surface area contributed by atoms with Crippen molar-refractivity contribution < 1.29 is 9.59 Å². The number of hydrogen-bond donors (Lipinski definition) is 4. The van der Waals surface area contributed by atoms with E-state index in [0.29, 0.717) is 24.3 Å². The van der Waals surface area contributed by atoms with E-state index in [1.54, 1.807) is 24.3 Å². The number of primary amides is 1. The lowest BCUT2D eigenvalue weighted by Crippen LogP contribution is -2.19. The van der Waals surface area contributed by atoms with Crippen molar-refractivity contribution in [1.29, 1.82) is 0 Å². The van der Waals surface area contributed by atoms with Gasteiger partial charge in [0, 0.05) is 17.8 Å². The number of hydrogen-bond acceptors (Lipinski definition) is 3. The molecule has 0 aliphatic carbocycles. The summed E-state index contributed by atoms with van der Waals surface area (Å²) < 4.78 is 0. The maximum atomic E-state index is 11.6. The molecule has 1 aromatic rings. The number of nitrogens with two attached hydrogens (primary N) is 2. The van der Waals surface area contributed by atoms with E-state index in [0.717, 1.165) is 19.3 Å². The van der Waals surface area contributed by atoms with Crippen LogP contribution in [0.1, 0.15) is 25.7 Å². The Morgan fingerprint density at radius 1 is 0.947 bits per heavy atom. The van der Waals surface area contributed by atoms with Gasteiger partial charge in [0.25, 0.3) is 0 Å². The maximum absolute atomic E-state index is 11.6. The Balaban J connectivity index is 2.36. The fourth-order valence-corrected chi connectivity index (χ4v) is 1.61. The van der Waals surface area contributed by atoms with Gasteiger partial charge in [-0.3, -0.25) is 4.79 Å². The Morgan fingerprint density at radius 2 is 1.53 bits per heavy atom. The lowest BCUT2D eigenvalue weighted by molar-refractivity contribution is -0.116. The van der Waals surface area contributed by atoms with Crippen LogP contribution in [-0.4, -0.2) is 18.5 Å². The Bertz CT molecular complexity index is 417. The second kappa shape index (κ2) is 8.10. The number of nitrogens with one attached hydrogen (secondary N) is 2. The van der Waals surface area contributed by atoms with Crippen molar-refractivity contribution >= 4 is 23.3 Å². The molecule has 0 aromatic heterocycles. The number of rotatable bonds is 7. The van der Waals surface area contributed by atoms with Gasteiger partial charge in [-0.25, -0.2) is 4.79 Å². The fourth-order valence-electron chi connectivity index (χ4n) is 1.61. The Morgan fingerprint density at radius 3 is 2.05 bits per heavy atom. The number of benzene rings is 1. The third kappa shape index (κ3) is 6.42. The zero-order valence-corrected chi connectivity index (χ0v) is 10.8. The monoisotopic (exact) mass is 264 g/mol. The molecule has 0 saturated heterocycles. The fraction of sp³-hybridized carbons (Fsp3) is 0.385. The van der Waals surface area contributed by atoms with Gasteiger partial charge in [0.05, 0.1) is 0 Å². The molecule has 19 heavy (non-hydrogen) atoms. The number of carbonyl (C=O) groups excluding carboxylic acids is 2. The van der Waals surface area contributed by atoms with Gasteiger partial charge in [-0.05, 0) is 43.7 Å². The van der Waals surface area contributed by atoms with Gasteiger partial charge < -0.3 is 22.1 Å². The topological polar surface area (TPSA) is 110 Å². The molecule has 1 aromatic carbocycles. The minimum absolute atomic E-state index is 0.0207. The number of unbranched alkanes of at least 4 members (excludes halogenated alkanes) is 2. The number of carbonyl (C=O) groups is 2. The Labute approximate surface area is 112 Å². The highest BCUT2D eigenvalue weighted by molar-refractivity contribution is 5.91. The van der Waals surface area contributed by atoms with Gasteiger partial charge in [-0.1, -0.05) is 6.42 Å². The van der Waals surface area contributed by atoms with Crippen LogP contribution in [0.25, 0.3) is 0 Å². The molecule has 104 valence electrons. The average molecular weight is 264 g/mol. The van der Waals surface area contributed by atoms with Gasteiger partial charge in [-0.15, -0.1) is 0 Å². The number of anilines is 2. The summed E-state index contributed by atoms with van der Waals surface area (Å²) in [6.45, 7) is 0.663. The largest absolute Gasteiger partial charge is 0.351 e. The van der Waals surface area contributed by atoms with Gasteiger partial charge in [0.1, 0.15) is 0 Å². The van der Waals surface area contributed by atoms with E-state index in [2.05, 4.69) is 10.6 Å². The molecule has 0 bridgehead atoms. The molecule has 0 radical (unpaired) electrons. The second-order valence-corrected chi connectivity index (χ2v) is 4.21. The molecule has 0 aliphatic rings. The van der Waals surface area contributed by atoms with Crippen LogP contribution in [0.15, 0.2) is 24.3 Å². The van der Waals surface area contributed by atoms with Crippen molar-refractivity contribution in [3.05, 3.63) is 24.3 Å². The third-order valence-electron chi connectivity index (χ3n) is 2.54. The Hall–Kier alpha value is -2.08. The molecule has 6 N–H and O–H groups in total. The predicted molar refractivity (Wildman–Crippen MR) is 75.8 cm³/mol. The summed E-state index contributed by atoms with van der Waals surface area (Å²) in [5.41, 5.74) is 11.7. The van der Waals surface area contributed by atoms with Crippen LogP contribution < -0.4 is 22.1 Å². The van der Waals surface area contributed by atoms with E-state index in [1.165, 1.54) is 0 Å². The first-order chi connectivity index (χ1) is 9.11. The molecule has 6 heteroatoms. The summed E-state index contributed by atoms with van der Waals surface area (Å²) in [4.78, 5) is 22.2. The van der Waals surface area contributed by atoms with Gasteiger partial charge in [-0.2, -0.15) is 0 Å². The molecular formula is C13H20N4O2. The summed E-state index contributed by atoms with van der Waals surface area (Å²) in [6, 6.07) is 6.16. The zero-order chi connectivity index (χ0) is 14.1. The molecule has 0 atom stereocenters. The quantitative estimate of drug-likeness (QED) is 0.562. The van der Waals surface area contributed by atoms with E-state index < -0.39 is 6.03 Å². The van der Waals surface area contributed by atoms with Crippen LogP contribution in [0.2, 0.25) is 0 Å². The highest BCUT2D eigenvalue weighted by Gasteiger charge is 2.02. The summed E-state index contributed by atoms with van der Waals surface area (Å²) in [5.74, 6) is -0.0207. The molecule has 0 aliphatic heterocycles. The molecule has 1 rings (SSSR count). The maximum Gasteiger partial charge on any atom is 0.316 e. The lowest BCUT2D eigenvalue weighted by Gasteiger charge is -2.06. The third-order valence-corrected chi connectivity index (χ3v) is 2.54.